The van der Waals surface area contributed by atoms with Crippen LogP contribution in [-0.4, -0.2) is 59.4 Å². The molecule has 0 bridgehead atoms. The van der Waals surface area contributed by atoms with E-state index < -0.39 is 0 Å². The standard InChI is InChI=1S/C21H42N6O/c1-5-26(6-2)20-23-19(24-21(25-20)27(7-3)8-4)22-17-15-13-11-9-10-12-14-16-18-28/h28H,5-18H2,1-4H3,(H,22,23,24,25). The molecule has 0 aliphatic carbocycles. The van der Waals surface area contributed by atoms with Gasteiger partial charge in [-0.15, -0.1) is 0 Å². The quantitative estimate of drug-likeness (QED) is 0.385. The van der Waals surface area contributed by atoms with E-state index >= 15 is 0 Å². The molecule has 1 aromatic rings. The van der Waals surface area contributed by atoms with Crippen molar-refractivity contribution in [1.82, 2.24) is 15.0 Å². The molecule has 1 heterocycles. The molecule has 7 nitrogen and oxygen atoms in total. The molecule has 0 saturated heterocycles. The fourth-order valence-electron chi connectivity index (χ4n) is 3.23. The second-order valence-electron chi connectivity index (χ2n) is 7.08. The number of hydrogen-bond donors (Lipinski definition) is 2. The van der Waals surface area contributed by atoms with Crippen LogP contribution < -0.4 is 15.1 Å². The lowest BCUT2D eigenvalue weighted by Gasteiger charge is -2.23. The first-order valence-electron chi connectivity index (χ1n) is 11.3. The lowest BCUT2D eigenvalue weighted by molar-refractivity contribution is 0.282. The lowest BCUT2D eigenvalue weighted by Crippen LogP contribution is -2.29. The van der Waals surface area contributed by atoms with E-state index in [-0.39, 0.29) is 0 Å². The van der Waals surface area contributed by atoms with Crippen LogP contribution in [0.2, 0.25) is 0 Å². The third-order valence-electron chi connectivity index (χ3n) is 5.07. The highest BCUT2D eigenvalue weighted by Gasteiger charge is 2.14. The number of aliphatic hydroxyl groups excluding tert-OH is 1. The summed E-state index contributed by atoms with van der Waals surface area (Å²) in [5.41, 5.74) is 0. The summed E-state index contributed by atoms with van der Waals surface area (Å²) in [5, 5.41) is 12.2. The van der Waals surface area contributed by atoms with Crippen LogP contribution in [0.5, 0.6) is 0 Å². The number of anilines is 3. The van der Waals surface area contributed by atoms with Gasteiger partial charge in [0.05, 0.1) is 0 Å². The Morgan fingerprint density at radius 2 is 1.07 bits per heavy atom. The molecule has 0 saturated carbocycles. The van der Waals surface area contributed by atoms with Gasteiger partial charge in [0, 0.05) is 39.3 Å². The molecule has 0 radical (unpaired) electrons. The average molecular weight is 395 g/mol. The number of aromatic nitrogens is 3. The van der Waals surface area contributed by atoms with E-state index in [4.69, 9.17) is 10.1 Å². The van der Waals surface area contributed by atoms with Crippen molar-refractivity contribution in [3.8, 4) is 0 Å². The second-order valence-corrected chi connectivity index (χ2v) is 7.08. The Balaban J connectivity index is 2.50. The van der Waals surface area contributed by atoms with Gasteiger partial charge in [-0.1, -0.05) is 38.5 Å². The van der Waals surface area contributed by atoms with Crippen LogP contribution in [0.25, 0.3) is 0 Å². The van der Waals surface area contributed by atoms with Gasteiger partial charge in [0.2, 0.25) is 17.8 Å². The van der Waals surface area contributed by atoms with E-state index in [2.05, 4.69) is 52.8 Å². The van der Waals surface area contributed by atoms with E-state index in [0.717, 1.165) is 63.9 Å². The molecular formula is C21H42N6O. The molecule has 162 valence electrons. The zero-order chi connectivity index (χ0) is 20.6. The summed E-state index contributed by atoms with van der Waals surface area (Å²) in [5.74, 6) is 2.20. The van der Waals surface area contributed by atoms with Crippen LogP contribution in [0.1, 0.15) is 79.1 Å². The monoisotopic (exact) mass is 394 g/mol. The topological polar surface area (TPSA) is 77.4 Å². The van der Waals surface area contributed by atoms with E-state index in [1.165, 1.54) is 32.1 Å². The fourth-order valence-corrected chi connectivity index (χ4v) is 3.23. The van der Waals surface area contributed by atoms with Gasteiger partial charge >= 0.3 is 0 Å². The normalized spacial score (nSPS) is 10.9. The Hall–Kier alpha value is -1.63. The van der Waals surface area contributed by atoms with Crippen LogP contribution >= 0.6 is 0 Å². The Morgan fingerprint density at radius 1 is 0.643 bits per heavy atom. The average Bonchev–Trinajstić information content (AvgIpc) is 2.71. The molecule has 0 aliphatic rings. The first-order valence-corrected chi connectivity index (χ1v) is 11.3. The smallest absolute Gasteiger partial charge is 0.231 e. The van der Waals surface area contributed by atoms with Crippen LogP contribution in [0, 0.1) is 0 Å². The Morgan fingerprint density at radius 3 is 1.50 bits per heavy atom. The van der Waals surface area contributed by atoms with E-state index in [1.54, 1.807) is 0 Å². The minimum atomic E-state index is 0.328. The molecule has 0 spiro atoms. The van der Waals surface area contributed by atoms with Crippen LogP contribution in [0.15, 0.2) is 0 Å². The highest BCUT2D eigenvalue weighted by atomic mass is 16.2. The molecular weight excluding hydrogens is 352 g/mol. The van der Waals surface area contributed by atoms with Crippen molar-refractivity contribution in [2.75, 3.05) is 54.4 Å². The highest BCUT2D eigenvalue weighted by molar-refractivity contribution is 5.45. The summed E-state index contributed by atoms with van der Waals surface area (Å²) >= 11 is 0. The first-order chi connectivity index (χ1) is 13.7. The molecule has 0 atom stereocenters. The molecule has 0 unspecified atom stereocenters. The van der Waals surface area contributed by atoms with Crippen molar-refractivity contribution < 1.29 is 5.11 Å². The Labute approximate surface area is 172 Å². The van der Waals surface area contributed by atoms with Crippen LogP contribution in [-0.2, 0) is 0 Å². The Kier molecular flexibility index (Phi) is 13.3. The minimum Gasteiger partial charge on any atom is -0.396 e. The summed E-state index contributed by atoms with van der Waals surface area (Å²) in [6.07, 6.45) is 9.53. The van der Waals surface area contributed by atoms with Gasteiger partial charge in [0.1, 0.15) is 0 Å². The van der Waals surface area contributed by atoms with E-state index in [9.17, 15) is 0 Å². The van der Waals surface area contributed by atoms with Crippen molar-refractivity contribution in [3.63, 3.8) is 0 Å². The largest absolute Gasteiger partial charge is 0.396 e. The SMILES string of the molecule is CCN(CC)c1nc(NCCCCCCCCCCO)nc(N(CC)CC)n1. The van der Waals surface area contributed by atoms with Gasteiger partial charge < -0.3 is 20.2 Å². The molecule has 1 rings (SSSR count). The Bertz CT molecular complexity index is 475. The number of unbranched alkanes of at least 4 members (excludes halogenated alkanes) is 7. The van der Waals surface area contributed by atoms with Crippen LogP contribution in [0.4, 0.5) is 17.8 Å². The summed E-state index contributed by atoms with van der Waals surface area (Å²) in [6.45, 7) is 13.3. The number of rotatable bonds is 17. The molecule has 0 fully saturated rings. The van der Waals surface area contributed by atoms with Crippen molar-refractivity contribution in [2.24, 2.45) is 0 Å². The molecule has 0 amide bonds. The molecule has 0 aliphatic heterocycles. The predicted molar refractivity (Wildman–Crippen MR) is 119 cm³/mol. The number of aliphatic hydroxyl groups is 1. The maximum Gasteiger partial charge on any atom is 0.231 e. The van der Waals surface area contributed by atoms with E-state index in [1.807, 2.05) is 0 Å². The zero-order valence-electron chi connectivity index (χ0n) is 18.6. The van der Waals surface area contributed by atoms with Gasteiger partial charge in [-0.3, -0.25) is 0 Å². The van der Waals surface area contributed by atoms with Crippen molar-refractivity contribution >= 4 is 17.8 Å². The minimum absolute atomic E-state index is 0.328. The van der Waals surface area contributed by atoms with E-state index in [0.29, 0.717) is 12.6 Å². The highest BCUT2D eigenvalue weighted by Crippen LogP contribution is 2.17. The number of nitrogens with zero attached hydrogens (tertiary/aromatic N) is 5. The third kappa shape index (κ3) is 9.04. The van der Waals surface area contributed by atoms with Gasteiger partial charge in [-0.2, -0.15) is 15.0 Å². The van der Waals surface area contributed by atoms with Crippen LogP contribution in [0.3, 0.4) is 0 Å². The predicted octanol–water partition coefficient (Wildman–Crippen LogP) is 4.09. The molecule has 28 heavy (non-hydrogen) atoms. The molecule has 1 aromatic heterocycles. The van der Waals surface area contributed by atoms with Crippen molar-refractivity contribution in [3.05, 3.63) is 0 Å². The second kappa shape index (κ2) is 15.3. The fraction of sp³-hybridized carbons (Fsp3) is 0.857. The zero-order valence-corrected chi connectivity index (χ0v) is 18.6. The van der Waals surface area contributed by atoms with Crippen molar-refractivity contribution in [2.45, 2.75) is 79.1 Å². The number of nitrogens with one attached hydrogen (secondary N) is 1. The third-order valence-corrected chi connectivity index (χ3v) is 5.07. The van der Waals surface area contributed by atoms with Gasteiger partial charge in [0.25, 0.3) is 0 Å². The maximum absolute atomic E-state index is 8.78. The number of hydrogen-bond acceptors (Lipinski definition) is 7. The molecule has 0 aromatic carbocycles. The van der Waals surface area contributed by atoms with Gasteiger partial charge in [-0.25, -0.2) is 0 Å². The van der Waals surface area contributed by atoms with Crippen molar-refractivity contribution in [1.29, 1.82) is 0 Å². The lowest BCUT2D eigenvalue weighted by atomic mass is 10.1. The summed E-state index contributed by atoms with van der Waals surface area (Å²) in [4.78, 5) is 18.3. The van der Waals surface area contributed by atoms with Gasteiger partial charge in [0.15, 0.2) is 0 Å². The maximum atomic E-state index is 8.78. The summed E-state index contributed by atoms with van der Waals surface area (Å²) in [7, 11) is 0. The van der Waals surface area contributed by atoms with Gasteiger partial charge in [-0.05, 0) is 40.5 Å². The summed E-state index contributed by atoms with van der Waals surface area (Å²) < 4.78 is 0. The molecule has 7 heteroatoms. The molecule has 2 N–H and O–H groups in total. The first kappa shape index (κ1) is 24.4. The summed E-state index contributed by atoms with van der Waals surface area (Å²) in [6, 6.07) is 0.